The SMILES string of the molecule is O=C(NC1CN(S(=O)(=O)Cc2ccccc2)C1)c1nc2c(C(F)(F)F)cc(-c3ccoc3)cn2c1Cl. The van der Waals surface area contributed by atoms with Gasteiger partial charge in [-0.2, -0.15) is 17.5 Å². The Morgan fingerprint density at radius 1 is 1.17 bits per heavy atom. The highest BCUT2D eigenvalue weighted by molar-refractivity contribution is 7.88. The van der Waals surface area contributed by atoms with Crippen molar-refractivity contribution in [2.24, 2.45) is 0 Å². The first-order chi connectivity index (χ1) is 17.0. The quantitative estimate of drug-likeness (QED) is 0.397. The molecule has 0 saturated carbocycles. The van der Waals surface area contributed by atoms with E-state index in [1.54, 1.807) is 30.3 Å². The van der Waals surface area contributed by atoms with E-state index in [0.29, 0.717) is 11.1 Å². The Morgan fingerprint density at radius 3 is 2.53 bits per heavy atom. The lowest BCUT2D eigenvalue weighted by atomic mass is 10.1. The minimum Gasteiger partial charge on any atom is -0.472 e. The number of nitrogens with one attached hydrogen (secondary N) is 1. The van der Waals surface area contributed by atoms with Crippen molar-refractivity contribution in [3.63, 3.8) is 0 Å². The van der Waals surface area contributed by atoms with Crippen LogP contribution in [0.3, 0.4) is 0 Å². The maximum absolute atomic E-state index is 13.8. The number of rotatable bonds is 6. The predicted octanol–water partition coefficient (Wildman–Crippen LogP) is 4.21. The highest BCUT2D eigenvalue weighted by Crippen LogP contribution is 2.37. The van der Waals surface area contributed by atoms with Gasteiger partial charge in [0.25, 0.3) is 5.91 Å². The van der Waals surface area contributed by atoms with Crippen molar-refractivity contribution in [1.29, 1.82) is 0 Å². The number of amides is 1. The van der Waals surface area contributed by atoms with Crippen molar-refractivity contribution in [3.8, 4) is 11.1 Å². The summed E-state index contributed by atoms with van der Waals surface area (Å²) >= 11 is 6.29. The summed E-state index contributed by atoms with van der Waals surface area (Å²) in [4.78, 5) is 16.7. The first kappa shape index (κ1) is 24.3. The van der Waals surface area contributed by atoms with E-state index >= 15 is 0 Å². The average Bonchev–Trinajstić information content (AvgIpc) is 3.43. The maximum atomic E-state index is 13.8. The number of carbonyl (C=O) groups is 1. The van der Waals surface area contributed by atoms with Gasteiger partial charge in [-0.05, 0) is 17.7 Å². The Bertz CT molecular complexity index is 1530. The van der Waals surface area contributed by atoms with E-state index in [2.05, 4.69) is 10.3 Å². The Kier molecular flexibility index (Phi) is 6.05. The van der Waals surface area contributed by atoms with Crippen LogP contribution in [0.25, 0.3) is 16.8 Å². The van der Waals surface area contributed by atoms with Crippen LogP contribution in [0.5, 0.6) is 0 Å². The van der Waals surface area contributed by atoms with Crippen LogP contribution in [0.15, 0.2) is 65.6 Å². The molecule has 1 fully saturated rings. The van der Waals surface area contributed by atoms with Gasteiger partial charge in [-0.15, -0.1) is 0 Å². The number of hydrogen-bond acceptors (Lipinski definition) is 5. The average molecular weight is 539 g/mol. The lowest BCUT2D eigenvalue weighted by Gasteiger charge is -2.38. The molecule has 0 bridgehead atoms. The normalized spacial score (nSPS) is 15.2. The predicted molar refractivity (Wildman–Crippen MR) is 125 cm³/mol. The van der Waals surface area contributed by atoms with E-state index in [-0.39, 0.29) is 29.6 Å². The van der Waals surface area contributed by atoms with Crippen LogP contribution in [-0.4, -0.2) is 47.1 Å². The van der Waals surface area contributed by atoms with Gasteiger partial charge in [0, 0.05) is 30.4 Å². The lowest BCUT2D eigenvalue weighted by molar-refractivity contribution is -0.136. The summed E-state index contributed by atoms with van der Waals surface area (Å²) in [5.74, 6) is -0.974. The molecular weight excluding hydrogens is 521 g/mol. The summed E-state index contributed by atoms with van der Waals surface area (Å²) in [7, 11) is -3.58. The molecule has 1 saturated heterocycles. The van der Waals surface area contributed by atoms with Gasteiger partial charge >= 0.3 is 6.18 Å². The summed E-state index contributed by atoms with van der Waals surface area (Å²) < 4.78 is 73.7. The van der Waals surface area contributed by atoms with Gasteiger partial charge in [-0.3, -0.25) is 9.20 Å². The molecule has 1 aliphatic heterocycles. The molecule has 0 spiro atoms. The van der Waals surface area contributed by atoms with Crippen LogP contribution in [-0.2, 0) is 22.0 Å². The number of alkyl halides is 3. The van der Waals surface area contributed by atoms with Crippen LogP contribution in [0, 0.1) is 0 Å². The zero-order valence-corrected chi connectivity index (χ0v) is 19.9. The number of carbonyl (C=O) groups excluding carboxylic acids is 1. The molecule has 0 atom stereocenters. The largest absolute Gasteiger partial charge is 0.472 e. The summed E-state index contributed by atoms with van der Waals surface area (Å²) in [6.07, 6.45) is -0.815. The number of halogens is 4. The third kappa shape index (κ3) is 4.59. The Morgan fingerprint density at radius 2 is 1.89 bits per heavy atom. The minimum absolute atomic E-state index is 0.0321. The fraction of sp³-hybridized carbons (Fsp3) is 0.217. The van der Waals surface area contributed by atoms with Crippen LogP contribution in [0.4, 0.5) is 13.2 Å². The zero-order chi connectivity index (χ0) is 25.7. The number of pyridine rings is 1. The second-order valence-electron chi connectivity index (χ2n) is 8.33. The molecule has 3 aromatic heterocycles. The summed E-state index contributed by atoms with van der Waals surface area (Å²) in [5, 5.41) is 2.30. The second-order valence-corrected chi connectivity index (χ2v) is 10.7. The standard InChI is InChI=1S/C23H18ClF3N4O4S/c24-20-19(22(32)28-17-10-30(11-17)36(33,34)13-14-4-2-1-3-5-14)29-21-18(23(25,26)27)8-16(9-31(20)21)15-6-7-35-12-15/h1-9,12,17H,10-11,13H2,(H,28,32). The molecule has 4 heterocycles. The van der Waals surface area contributed by atoms with E-state index in [1.807, 2.05) is 0 Å². The van der Waals surface area contributed by atoms with Crippen molar-refractivity contribution < 1.29 is 30.8 Å². The van der Waals surface area contributed by atoms with Gasteiger partial charge in [0.1, 0.15) is 5.15 Å². The molecular formula is C23H18ClF3N4O4S. The topological polar surface area (TPSA) is 96.9 Å². The van der Waals surface area contributed by atoms with Crippen LogP contribution < -0.4 is 5.32 Å². The van der Waals surface area contributed by atoms with Crippen LogP contribution in [0.1, 0.15) is 21.6 Å². The van der Waals surface area contributed by atoms with Gasteiger partial charge in [0.05, 0.1) is 29.9 Å². The molecule has 1 aliphatic rings. The molecule has 5 rings (SSSR count). The molecule has 8 nitrogen and oxygen atoms in total. The van der Waals surface area contributed by atoms with E-state index in [9.17, 15) is 26.4 Å². The number of benzene rings is 1. The van der Waals surface area contributed by atoms with Gasteiger partial charge < -0.3 is 9.73 Å². The molecule has 13 heteroatoms. The number of hydrogen-bond donors (Lipinski definition) is 1. The highest BCUT2D eigenvalue weighted by atomic mass is 35.5. The Hall–Kier alpha value is -3.35. The van der Waals surface area contributed by atoms with E-state index in [0.717, 1.165) is 10.5 Å². The Labute approximate surface area is 208 Å². The maximum Gasteiger partial charge on any atom is 0.420 e. The van der Waals surface area contributed by atoms with E-state index in [4.69, 9.17) is 16.0 Å². The molecule has 1 amide bonds. The number of fused-ring (bicyclic) bond motifs is 1. The fourth-order valence-corrected chi connectivity index (χ4v) is 5.81. The highest BCUT2D eigenvalue weighted by Gasteiger charge is 2.39. The molecule has 0 unspecified atom stereocenters. The third-order valence-electron chi connectivity index (χ3n) is 5.81. The van der Waals surface area contributed by atoms with Gasteiger partial charge in [-0.25, -0.2) is 13.4 Å². The van der Waals surface area contributed by atoms with E-state index in [1.165, 1.54) is 29.1 Å². The molecule has 1 N–H and O–H groups in total. The van der Waals surface area contributed by atoms with Gasteiger partial charge in [0.15, 0.2) is 11.3 Å². The molecule has 1 aromatic carbocycles. The zero-order valence-electron chi connectivity index (χ0n) is 18.4. The second kappa shape index (κ2) is 8.95. The number of sulfonamides is 1. The van der Waals surface area contributed by atoms with Crippen molar-refractivity contribution in [2.75, 3.05) is 13.1 Å². The lowest BCUT2D eigenvalue weighted by Crippen LogP contribution is -2.61. The molecule has 36 heavy (non-hydrogen) atoms. The molecule has 0 aliphatic carbocycles. The smallest absolute Gasteiger partial charge is 0.420 e. The monoisotopic (exact) mass is 538 g/mol. The molecule has 4 aromatic rings. The summed E-state index contributed by atoms with van der Waals surface area (Å²) in [6.45, 7) is 0.0642. The number of aromatic nitrogens is 2. The van der Waals surface area contributed by atoms with E-state index < -0.39 is 45.1 Å². The van der Waals surface area contributed by atoms with Crippen LogP contribution >= 0.6 is 11.6 Å². The van der Waals surface area contributed by atoms with Crippen LogP contribution in [0.2, 0.25) is 5.15 Å². The fourth-order valence-electron chi connectivity index (χ4n) is 3.94. The first-order valence-electron chi connectivity index (χ1n) is 10.7. The van der Waals surface area contributed by atoms with Gasteiger partial charge in [-0.1, -0.05) is 41.9 Å². The van der Waals surface area contributed by atoms with Gasteiger partial charge in [0.2, 0.25) is 10.0 Å². The van der Waals surface area contributed by atoms with Crippen molar-refractivity contribution in [1.82, 2.24) is 19.0 Å². The number of nitrogens with zero attached hydrogens (tertiary/aromatic N) is 3. The Balaban J connectivity index is 1.35. The molecule has 188 valence electrons. The number of furan rings is 1. The number of imidazole rings is 1. The first-order valence-corrected chi connectivity index (χ1v) is 12.7. The summed E-state index contributed by atoms with van der Waals surface area (Å²) in [6, 6.07) is 10.5. The molecule has 0 radical (unpaired) electrons. The van der Waals surface area contributed by atoms with Crippen molar-refractivity contribution in [2.45, 2.75) is 18.0 Å². The minimum atomic E-state index is -4.76. The van der Waals surface area contributed by atoms with Crippen molar-refractivity contribution >= 4 is 33.2 Å². The van der Waals surface area contributed by atoms with Crippen molar-refractivity contribution in [3.05, 3.63) is 83.2 Å². The third-order valence-corrected chi connectivity index (χ3v) is 7.95. The summed E-state index contributed by atoms with van der Waals surface area (Å²) in [5.41, 5.74) is -0.777.